The minimum atomic E-state index is -0.654. The Balaban J connectivity index is 0.000000272. The van der Waals surface area contributed by atoms with Gasteiger partial charge in [-0.25, -0.2) is 9.97 Å². The predicted molar refractivity (Wildman–Crippen MR) is 188 cm³/mol. The Labute approximate surface area is 285 Å². The molecule has 0 saturated carbocycles. The average molecular weight is 710 g/mol. The summed E-state index contributed by atoms with van der Waals surface area (Å²) in [6.07, 6.45) is 7.59. The van der Waals surface area contributed by atoms with E-state index in [9.17, 15) is 19.8 Å². The van der Waals surface area contributed by atoms with Gasteiger partial charge in [-0.05, 0) is 91.3 Å². The molecule has 0 spiro atoms. The van der Waals surface area contributed by atoms with E-state index in [0.717, 1.165) is 26.6 Å². The number of rotatable bonds is 7. The normalized spacial score (nSPS) is 12.7. The number of carbonyl (C=O) groups excluding carboxylic acids is 2. The highest BCUT2D eigenvalue weighted by Crippen LogP contribution is 2.19. The Morgan fingerprint density at radius 2 is 1.26 bits per heavy atom. The molecule has 4 aromatic rings. The fraction of sp³-hybridized carbons (Fsp3) is 0.389. The molecule has 11 heteroatoms. The van der Waals surface area contributed by atoms with Gasteiger partial charge in [0.05, 0.1) is 70.9 Å². The molecule has 0 saturated heterocycles. The van der Waals surface area contributed by atoms with Gasteiger partial charge in [-0.1, -0.05) is 40.2 Å². The number of aromatic nitrogens is 4. The number of esters is 2. The van der Waals surface area contributed by atoms with Crippen molar-refractivity contribution < 1.29 is 29.3 Å². The number of ether oxygens (including phenoxy) is 2. The highest BCUT2D eigenvalue weighted by Gasteiger charge is 2.15. The molecule has 10 nitrogen and oxygen atoms in total. The third kappa shape index (κ3) is 14.9. The first-order chi connectivity index (χ1) is 21.9. The fourth-order valence-corrected chi connectivity index (χ4v) is 4.07. The molecule has 252 valence electrons. The summed E-state index contributed by atoms with van der Waals surface area (Å²) in [5.41, 5.74) is 4.29. The van der Waals surface area contributed by atoms with Crippen LogP contribution in [0.25, 0.3) is 28.1 Å². The van der Waals surface area contributed by atoms with Crippen molar-refractivity contribution in [2.45, 2.75) is 91.6 Å². The van der Waals surface area contributed by atoms with E-state index in [1.807, 2.05) is 84.0 Å². The SMILES string of the molecule is C=CCC(=O)OC(C)(C)C.C[C@@H](O)c1cnc2ccc(/C=C/CC(=O)OC(C)(C)C)cc2n1.C[C@@H](O)c1cnc2ccc(Br)cc2n1. The lowest BCUT2D eigenvalue weighted by molar-refractivity contribution is -0.154. The zero-order chi connectivity index (χ0) is 35.4. The molecule has 4 rings (SSSR count). The van der Waals surface area contributed by atoms with Gasteiger partial charge in [0.25, 0.3) is 0 Å². The quantitative estimate of drug-likeness (QED) is 0.144. The molecule has 0 bridgehead atoms. The molecular weight excluding hydrogens is 664 g/mol. The molecular formula is C36H45BrN4O6. The average Bonchev–Trinajstić information content (AvgIpc) is 2.95. The smallest absolute Gasteiger partial charge is 0.310 e. The highest BCUT2D eigenvalue weighted by atomic mass is 79.9. The zero-order valence-corrected chi connectivity index (χ0v) is 29.9. The third-order valence-electron chi connectivity index (χ3n) is 5.71. The maximum absolute atomic E-state index is 11.7. The minimum Gasteiger partial charge on any atom is -0.460 e. The Morgan fingerprint density at radius 3 is 1.72 bits per heavy atom. The van der Waals surface area contributed by atoms with Crippen LogP contribution in [0.2, 0.25) is 0 Å². The topological polar surface area (TPSA) is 145 Å². The molecule has 47 heavy (non-hydrogen) atoms. The van der Waals surface area contributed by atoms with Crippen LogP contribution < -0.4 is 0 Å². The fourth-order valence-electron chi connectivity index (χ4n) is 3.72. The van der Waals surface area contributed by atoms with Gasteiger partial charge in [-0.3, -0.25) is 19.6 Å². The van der Waals surface area contributed by atoms with Crippen molar-refractivity contribution in [2.75, 3.05) is 0 Å². The number of hydrogen-bond donors (Lipinski definition) is 2. The standard InChI is InChI=1S/C18H22N2O3.C10H9BrN2O.C8H14O2/c1-12(21)16-11-19-14-9-8-13(10-15(14)20-16)6-5-7-17(22)23-18(2,3)4;1-6(14)10-5-12-8-3-2-7(11)4-9(8)13-10;1-5-6-7(9)10-8(2,3)4/h5-6,8-12,21H,7H2,1-4H3;2-6,14H,1H3;5H,1,6H2,2-4H3/b6-5+;;/t12-;6-;/m11./s1. The predicted octanol–water partition coefficient (Wildman–Crippen LogP) is 7.78. The number of nitrogens with zero attached hydrogens (tertiary/aromatic N) is 4. The summed E-state index contributed by atoms with van der Waals surface area (Å²) < 4.78 is 11.2. The van der Waals surface area contributed by atoms with E-state index in [4.69, 9.17) is 9.47 Å². The summed E-state index contributed by atoms with van der Waals surface area (Å²) >= 11 is 3.36. The zero-order valence-electron chi connectivity index (χ0n) is 28.3. The van der Waals surface area contributed by atoms with Crippen molar-refractivity contribution in [3.05, 3.63) is 88.9 Å². The van der Waals surface area contributed by atoms with Crippen LogP contribution in [0.1, 0.15) is 97.4 Å². The van der Waals surface area contributed by atoms with Gasteiger partial charge < -0.3 is 19.7 Å². The highest BCUT2D eigenvalue weighted by molar-refractivity contribution is 9.10. The molecule has 2 aromatic heterocycles. The monoisotopic (exact) mass is 708 g/mol. The summed E-state index contributed by atoms with van der Waals surface area (Å²) in [5, 5.41) is 18.9. The molecule has 0 amide bonds. The van der Waals surface area contributed by atoms with Crippen LogP contribution in [0, 0.1) is 0 Å². The van der Waals surface area contributed by atoms with Crippen molar-refractivity contribution in [3.63, 3.8) is 0 Å². The number of carbonyl (C=O) groups is 2. The van der Waals surface area contributed by atoms with Crippen LogP contribution in [0.4, 0.5) is 0 Å². The Bertz CT molecular complexity index is 1690. The van der Waals surface area contributed by atoms with Crippen LogP contribution in [0.3, 0.4) is 0 Å². The summed E-state index contributed by atoms with van der Waals surface area (Å²) in [6.45, 7) is 17.8. The van der Waals surface area contributed by atoms with Crippen molar-refractivity contribution in [3.8, 4) is 0 Å². The van der Waals surface area contributed by atoms with E-state index >= 15 is 0 Å². The first-order valence-corrected chi connectivity index (χ1v) is 15.9. The first kappa shape index (κ1) is 39.1. The molecule has 2 N–H and O–H groups in total. The van der Waals surface area contributed by atoms with Gasteiger partial charge in [-0.15, -0.1) is 6.58 Å². The van der Waals surface area contributed by atoms with Crippen LogP contribution in [0.5, 0.6) is 0 Å². The maximum Gasteiger partial charge on any atom is 0.310 e. The van der Waals surface area contributed by atoms with Crippen molar-refractivity contribution in [2.24, 2.45) is 0 Å². The van der Waals surface area contributed by atoms with Gasteiger partial charge in [0.15, 0.2) is 0 Å². The molecule has 0 radical (unpaired) electrons. The largest absolute Gasteiger partial charge is 0.460 e. The van der Waals surface area contributed by atoms with Crippen molar-refractivity contribution in [1.29, 1.82) is 0 Å². The van der Waals surface area contributed by atoms with E-state index in [1.54, 1.807) is 32.3 Å². The third-order valence-corrected chi connectivity index (χ3v) is 6.20. The summed E-state index contributed by atoms with van der Waals surface area (Å²) in [7, 11) is 0. The van der Waals surface area contributed by atoms with Crippen LogP contribution in [0.15, 0.2) is 72.0 Å². The second-order valence-electron chi connectivity index (χ2n) is 12.6. The summed E-state index contributed by atoms with van der Waals surface area (Å²) in [4.78, 5) is 39.6. The van der Waals surface area contributed by atoms with Crippen LogP contribution in [-0.2, 0) is 19.1 Å². The second-order valence-corrected chi connectivity index (χ2v) is 13.5. The van der Waals surface area contributed by atoms with E-state index in [-0.39, 0.29) is 30.4 Å². The molecule has 2 heterocycles. The number of benzene rings is 2. The van der Waals surface area contributed by atoms with Crippen LogP contribution >= 0.6 is 15.9 Å². The van der Waals surface area contributed by atoms with Crippen molar-refractivity contribution >= 4 is 56.0 Å². The number of aliphatic hydroxyl groups is 2. The van der Waals surface area contributed by atoms with Gasteiger partial charge in [0.2, 0.25) is 0 Å². The van der Waals surface area contributed by atoms with Gasteiger partial charge >= 0.3 is 11.9 Å². The van der Waals surface area contributed by atoms with E-state index in [1.165, 1.54) is 6.08 Å². The Hall–Kier alpha value is -4.06. The maximum atomic E-state index is 11.7. The molecule has 0 aliphatic heterocycles. The van der Waals surface area contributed by atoms with Gasteiger partial charge in [-0.2, -0.15) is 0 Å². The number of aliphatic hydroxyl groups excluding tert-OH is 2. The molecule has 0 aliphatic rings. The molecule has 0 unspecified atom stereocenters. The lowest BCUT2D eigenvalue weighted by Gasteiger charge is -2.18. The molecule has 0 aliphatic carbocycles. The van der Waals surface area contributed by atoms with Gasteiger partial charge in [0.1, 0.15) is 11.2 Å². The number of halogens is 1. The second kappa shape index (κ2) is 17.7. The lowest BCUT2D eigenvalue weighted by atomic mass is 10.1. The summed E-state index contributed by atoms with van der Waals surface area (Å²) in [5.74, 6) is -0.478. The molecule has 2 aromatic carbocycles. The lowest BCUT2D eigenvalue weighted by Crippen LogP contribution is -2.23. The molecule has 0 fully saturated rings. The Kier molecular flexibility index (Phi) is 14.8. The first-order valence-electron chi connectivity index (χ1n) is 15.1. The van der Waals surface area contributed by atoms with Crippen molar-refractivity contribution in [1.82, 2.24) is 19.9 Å². The van der Waals surface area contributed by atoms with E-state index in [0.29, 0.717) is 16.9 Å². The van der Waals surface area contributed by atoms with E-state index in [2.05, 4.69) is 42.4 Å². The minimum absolute atomic E-state index is 0.217. The van der Waals surface area contributed by atoms with E-state index < -0.39 is 17.8 Å². The molecule has 2 atom stereocenters. The number of hydrogen-bond acceptors (Lipinski definition) is 10. The number of fused-ring (bicyclic) bond motifs is 2. The summed E-state index contributed by atoms with van der Waals surface area (Å²) in [6, 6.07) is 11.3. The Morgan fingerprint density at radius 1 is 0.787 bits per heavy atom. The van der Waals surface area contributed by atoms with Gasteiger partial charge in [0, 0.05) is 4.47 Å². The van der Waals surface area contributed by atoms with Crippen LogP contribution in [-0.4, -0.2) is 53.3 Å².